The van der Waals surface area contributed by atoms with E-state index in [1.54, 1.807) is 35.1 Å². The minimum atomic E-state index is -0.258. The van der Waals surface area contributed by atoms with Crippen molar-refractivity contribution in [1.29, 1.82) is 0 Å². The van der Waals surface area contributed by atoms with Gasteiger partial charge in [0.1, 0.15) is 0 Å². The van der Waals surface area contributed by atoms with Crippen LogP contribution in [-0.4, -0.2) is 21.6 Å². The fourth-order valence-electron chi connectivity index (χ4n) is 1.91. The highest BCUT2D eigenvalue weighted by Crippen LogP contribution is 2.15. The molecule has 2 N–H and O–H groups in total. The maximum absolute atomic E-state index is 12.1. The lowest BCUT2D eigenvalue weighted by Gasteiger charge is -2.12. The van der Waals surface area contributed by atoms with E-state index in [-0.39, 0.29) is 17.7 Å². The molecule has 0 radical (unpaired) electrons. The van der Waals surface area contributed by atoms with E-state index in [0.717, 1.165) is 0 Å². The van der Waals surface area contributed by atoms with Crippen molar-refractivity contribution < 1.29 is 9.59 Å². The predicted octanol–water partition coefficient (Wildman–Crippen LogP) is 2.77. The largest absolute Gasteiger partial charge is 0.326 e. The number of nitrogens with zero attached hydrogens (tertiary/aromatic N) is 2. The minimum Gasteiger partial charge on any atom is -0.326 e. The summed E-state index contributed by atoms with van der Waals surface area (Å²) in [5, 5.41) is 10.1. The van der Waals surface area contributed by atoms with Crippen molar-refractivity contribution in [2.75, 3.05) is 10.6 Å². The third kappa shape index (κ3) is 4.60. The Morgan fingerprint density at radius 2 is 1.82 bits per heavy atom. The van der Waals surface area contributed by atoms with Crippen LogP contribution in [0, 0.1) is 5.92 Å². The van der Waals surface area contributed by atoms with Crippen LogP contribution in [-0.2, 0) is 16.1 Å². The second-order valence-corrected chi connectivity index (χ2v) is 5.47. The summed E-state index contributed by atoms with van der Waals surface area (Å²) in [6.45, 7) is 3.71. The summed E-state index contributed by atoms with van der Waals surface area (Å²) in [7, 11) is 0. The SMILES string of the molecule is CC(=O)Nc1ccc(NC(=O)C(C)Cn2cc(Cl)cn2)cc1. The monoisotopic (exact) mass is 320 g/mol. The van der Waals surface area contributed by atoms with Gasteiger partial charge in [-0.3, -0.25) is 14.3 Å². The van der Waals surface area contributed by atoms with Gasteiger partial charge in [0.2, 0.25) is 11.8 Å². The van der Waals surface area contributed by atoms with Crippen LogP contribution in [0.2, 0.25) is 5.02 Å². The summed E-state index contributed by atoms with van der Waals surface area (Å²) in [5.41, 5.74) is 1.36. The number of halogens is 1. The molecule has 1 aromatic carbocycles. The second-order valence-electron chi connectivity index (χ2n) is 5.03. The van der Waals surface area contributed by atoms with Gasteiger partial charge in [0.05, 0.1) is 23.7 Å². The number of amides is 2. The number of hydrogen-bond acceptors (Lipinski definition) is 3. The van der Waals surface area contributed by atoms with Crippen molar-refractivity contribution in [3.8, 4) is 0 Å². The molecule has 0 saturated heterocycles. The van der Waals surface area contributed by atoms with E-state index < -0.39 is 0 Å². The minimum absolute atomic E-state index is 0.112. The molecule has 2 rings (SSSR count). The zero-order chi connectivity index (χ0) is 16.1. The number of rotatable bonds is 5. The molecule has 1 atom stereocenters. The highest BCUT2D eigenvalue weighted by molar-refractivity contribution is 6.30. The number of hydrogen-bond donors (Lipinski definition) is 2. The smallest absolute Gasteiger partial charge is 0.229 e. The Balaban J connectivity index is 1.91. The van der Waals surface area contributed by atoms with Crippen molar-refractivity contribution in [3.05, 3.63) is 41.7 Å². The molecule has 0 aliphatic heterocycles. The topological polar surface area (TPSA) is 76.0 Å². The molecule has 2 amide bonds. The number of anilines is 2. The first-order valence-electron chi connectivity index (χ1n) is 6.80. The van der Waals surface area contributed by atoms with Gasteiger partial charge in [0, 0.05) is 24.5 Å². The summed E-state index contributed by atoms with van der Waals surface area (Å²) in [6.07, 6.45) is 3.21. The molecule has 0 aliphatic rings. The zero-order valence-electron chi connectivity index (χ0n) is 12.3. The molecule has 0 saturated carbocycles. The van der Waals surface area contributed by atoms with E-state index in [4.69, 9.17) is 11.6 Å². The summed E-state index contributed by atoms with van der Waals surface area (Å²) in [4.78, 5) is 23.1. The van der Waals surface area contributed by atoms with Crippen LogP contribution in [0.15, 0.2) is 36.7 Å². The van der Waals surface area contributed by atoms with Gasteiger partial charge in [-0.2, -0.15) is 5.10 Å². The molecule has 1 heterocycles. The lowest BCUT2D eigenvalue weighted by molar-refractivity contribution is -0.119. The maximum Gasteiger partial charge on any atom is 0.229 e. The van der Waals surface area contributed by atoms with Gasteiger partial charge >= 0.3 is 0 Å². The number of benzene rings is 1. The van der Waals surface area contributed by atoms with Crippen molar-refractivity contribution >= 4 is 34.8 Å². The summed E-state index contributed by atoms with van der Waals surface area (Å²) in [6, 6.07) is 6.94. The first-order chi connectivity index (χ1) is 10.4. The third-order valence-corrected chi connectivity index (χ3v) is 3.18. The molecule has 0 bridgehead atoms. The fraction of sp³-hybridized carbons (Fsp3) is 0.267. The Hall–Kier alpha value is -2.34. The molecule has 22 heavy (non-hydrogen) atoms. The number of nitrogens with one attached hydrogen (secondary N) is 2. The number of carbonyl (C=O) groups excluding carboxylic acids is 2. The van der Waals surface area contributed by atoms with Crippen molar-refractivity contribution in [2.24, 2.45) is 5.92 Å². The van der Waals surface area contributed by atoms with Crippen LogP contribution in [0.1, 0.15) is 13.8 Å². The van der Waals surface area contributed by atoms with Crippen molar-refractivity contribution in [2.45, 2.75) is 20.4 Å². The lowest BCUT2D eigenvalue weighted by atomic mass is 10.1. The van der Waals surface area contributed by atoms with Crippen LogP contribution in [0.25, 0.3) is 0 Å². The Kier molecular flexibility index (Phi) is 5.16. The third-order valence-electron chi connectivity index (χ3n) is 2.98. The van der Waals surface area contributed by atoms with Gasteiger partial charge in [0.25, 0.3) is 0 Å². The van der Waals surface area contributed by atoms with Gasteiger partial charge < -0.3 is 10.6 Å². The van der Waals surface area contributed by atoms with Crippen LogP contribution in [0.5, 0.6) is 0 Å². The number of aromatic nitrogens is 2. The van der Waals surface area contributed by atoms with Crippen LogP contribution >= 0.6 is 11.6 Å². The standard InChI is InChI=1S/C15H17ClN4O2/c1-10(8-20-9-12(16)7-17-20)15(22)19-14-5-3-13(4-6-14)18-11(2)21/h3-7,9-10H,8H2,1-2H3,(H,18,21)(H,19,22). The Morgan fingerprint density at radius 3 is 2.32 bits per heavy atom. The predicted molar refractivity (Wildman–Crippen MR) is 85.8 cm³/mol. The normalized spacial score (nSPS) is 11.8. The fourth-order valence-corrected chi connectivity index (χ4v) is 2.06. The molecule has 0 spiro atoms. The highest BCUT2D eigenvalue weighted by Gasteiger charge is 2.14. The number of carbonyl (C=O) groups is 2. The lowest BCUT2D eigenvalue weighted by Crippen LogP contribution is -2.24. The zero-order valence-corrected chi connectivity index (χ0v) is 13.1. The Bertz CT molecular complexity index is 666. The molecule has 1 unspecified atom stereocenters. The molecular weight excluding hydrogens is 304 g/mol. The first-order valence-corrected chi connectivity index (χ1v) is 7.18. The van der Waals surface area contributed by atoms with Crippen LogP contribution in [0.3, 0.4) is 0 Å². The molecule has 116 valence electrons. The molecule has 6 nitrogen and oxygen atoms in total. The van der Waals surface area contributed by atoms with E-state index in [1.807, 2.05) is 6.92 Å². The average molecular weight is 321 g/mol. The van der Waals surface area contributed by atoms with E-state index in [9.17, 15) is 9.59 Å². The Labute approximate surface area is 133 Å². The van der Waals surface area contributed by atoms with E-state index in [2.05, 4.69) is 15.7 Å². The van der Waals surface area contributed by atoms with E-state index >= 15 is 0 Å². The summed E-state index contributed by atoms with van der Waals surface area (Å²) in [5.74, 6) is -0.506. The van der Waals surface area contributed by atoms with Gasteiger partial charge in [-0.1, -0.05) is 18.5 Å². The van der Waals surface area contributed by atoms with Gasteiger partial charge in [-0.25, -0.2) is 0 Å². The molecule has 0 fully saturated rings. The molecule has 1 aromatic heterocycles. The van der Waals surface area contributed by atoms with E-state index in [1.165, 1.54) is 13.1 Å². The molecule has 2 aromatic rings. The van der Waals surface area contributed by atoms with Crippen molar-refractivity contribution in [3.63, 3.8) is 0 Å². The van der Waals surface area contributed by atoms with Gasteiger partial charge in [-0.05, 0) is 24.3 Å². The van der Waals surface area contributed by atoms with Crippen LogP contribution in [0.4, 0.5) is 11.4 Å². The van der Waals surface area contributed by atoms with E-state index in [0.29, 0.717) is 22.9 Å². The van der Waals surface area contributed by atoms with Gasteiger partial charge in [0.15, 0.2) is 0 Å². The van der Waals surface area contributed by atoms with Crippen LogP contribution < -0.4 is 10.6 Å². The Morgan fingerprint density at radius 1 is 1.23 bits per heavy atom. The maximum atomic E-state index is 12.1. The quantitative estimate of drug-likeness (QED) is 0.889. The highest BCUT2D eigenvalue weighted by atomic mass is 35.5. The molecule has 0 aliphatic carbocycles. The summed E-state index contributed by atoms with van der Waals surface area (Å²) >= 11 is 5.79. The van der Waals surface area contributed by atoms with Crippen molar-refractivity contribution in [1.82, 2.24) is 9.78 Å². The average Bonchev–Trinajstić information content (AvgIpc) is 2.85. The summed E-state index contributed by atoms with van der Waals surface area (Å²) < 4.78 is 1.63. The second kappa shape index (κ2) is 7.09. The first kappa shape index (κ1) is 16.0. The molecular formula is C15H17ClN4O2. The molecule has 7 heteroatoms. The van der Waals surface area contributed by atoms with Gasteiger partial charge in [-0.15, -0.1) is 0 Å².